The summed E-state index contributed by atoms with van der Waals surface area (Å²) in [5.41, 5.74) is -0.0572. The first-order valence-electron chi connectivity index (χ1n) is 9.40. The minimum atomic E-state index is -3.74. The third-order valence-corrected chi connectivity index (χ3v) is 8.37. The standard InChI is InChI=1S/C21H20F2N4O3S/c1-20(2)19(24)26-21(3,10-31(20,28)29)16-9-12(4-5-17(16)23)13-6-14(8-15(22)7-13)18-27-25-11-30-18/h4-9,11H,10H2,1-3H3,(H2,24,26)/t21-/m0/s1. The molecule has 0 aliphatic carbocycles. The van der Waals surface area contributed by atoms with E-state index in [1.807, 2.05) is 0 Å². The van der Waals surface area contributed by atoms with Gasteiger partial charge in [0.15, 0.2) is 9.84 Å². The molecule has 0 radical (unpaired) electrons. The van der Waals surface area contributed by atoms with Crippen molar-refractivity contribution in [1.82, 2.24) is 15.5 Å². The third-order valence-electron chi connectivity index (χ3n) is 5.66. The van der Waals surface area contributed by atoms with Crippen LogP contribution in [0.1, 0.15) is 26.3 Å². The Balaban J connectivity index is 1.81. The number of hydrogen-bond donors (Lipinski definition) is 2. The second-order valence-electron chi connectivity index (χ2n) is 8.27. The fraction of sp³-hybridized carbons (Fsp3) is 0.286. The van der Waals surface area contributed by atoms with Gasteiger partial charge >= 0.3 is 0 Å². The largest absolute Gasteiger partial charge is 0.423 e. The molecule has 162 valence electrons. The molecule has 0 amide bonds. The van der Waals surface area contributed by atoms with E-state index in [1.54, 1.807) is 6.07 Å². The van der Waals surface area contributed by atoms with Gasteiger partial charge in [-0.25, -0.2) is 17.2 Å². The van der Waals surface area contributed by atoms with Gasteiger partial charge in [0.25, 0.3) is 0 Å². The predicted molar refractivity (Wildman–Crippen MR) is 111 cm³/mol. The second-order valence-corrected chi connectivity index (χ2v) is 10.8. The van der Waals surface area contributed by atoms with E-state index in [0.717, 1.165) is 6.39 Å². The van der Waals surface area contributed by atoms with Gasteiger partial charge in [-0.05, 0) is 62.2 Å². The molecule has 2 N–H and O–H groups in total. The average molecular weight is 446 g/mol. The van der Waals surface area contributed by atoms with Crippen LogP contribution in [-0.4, -0.2) is 35.0 Å². The second kappa shape index (κ2) is 6.94. The Morgan fingerprint density at radius 3 is 2.42 bits per heavy atom. The van der Waals surface area contributed by atoms with E-state index < -0.39 is 37.5 Å². The lowest BCUT2D eigenvalue weighted by atomic mass is 9.89. The van der Waals surface area contributed by atoms with E-state index in [1.165, 1.54) is 51.1 Å². The van der Waals surface area contributed by atoms with Gasteiger partial charge in [0.2, 0.25) is 12.3 Å². The van der Waals surface area contributed by atoms with Crippen molar-refractivity contribution in [1.29, 1.82) is 5.41 Å². The van der Waals surface area contributed by atoms with Crippen LogP contribution in [0.25, 0.3) is 22.6 Å². The lowest BCUT2D eigenvalue weighted by Crippen LogP contribution is -2.64. The molecule has 3 aromatic rings. The first-order chi connectivity index (χ1) is 14.4. The number of amidine groups is 1. The summed E-state index contributed by atoms with van der Waals surface area (Å²) in [5.74, 6) is -1.66. The maximum atomic E-state index is 14.9. The van der Waals surface area contributed by atoms with Crippen LogP contribution in [0.4, 0.5) is 8.78 Å². The number of nitrogens with zero attached hydrogens (tertiary/aromatic N) is 2. The average Bonchev–Trinajstić information content (AvgIpc) is 3.21. The summed E-state index contributed by atoms with van der Waals surface area (Å²) in [4.78, 5) is 0. The molecule has 1 saturated heterocycles. The van der Waals surface area contributed by atoms with Gasteiger partial charge in [-0.2, -0.15) is 0 Å². The Kier molecular flexibility index (Phi) is 4.73. The Hall–Kier alpha value is -3.14. The Bertz CT molecular complexity index is 1290. The summed E-state index contributed by atoms with van der Waals surface area (Å²) < 4.78 is 58.5. The number of halogens is 2. The molecule has 1 atom stereocenters. The molecule has 2 heterocycles. The fourth-order valence-corrected chi connectivity index (χ4v) is 5.34. The first kappa shape index (κ1) is 21.1. The highest BCUT2D eigenvalue weighted by molar-refractivity contribution is 7.93. The van der Waals surface area contributed by atoms with E-state index in [9.17, 15) is 17.2 Å². The summed E-state index contributed by atoms with van der Waals surface area (Å²) in [6, 6.07) is 8.27. The maximum Gasteiger partial charge on any atom is 0.247 e. The molecule has 0 unspecified atom stereocenters. The molecule has 4 rings (SSSR count). The van der Waals surface area contributed by atoms with Gasteiger partial charge in [0, 0.05) is 11.1 Å². The summed E-state index contributed by atoms with van der Waals surface area (Å²) in [6.45, 7) is 4.41. The van der Waals surface area contributed by atoms with Gasteiger partial charge in [-0.3, -0.25) is 5.41 Å². The minimum absolute atomic E-state index is 0.0671. The molecule has 0 spiro atoms. The Labute approximate surface area is 177 Å². The van der Waals surface area contributed by atoms with Crippen molar-refractivity contribution in [2.45, 2.75) is 31.1 Å². The summed E-state index contributed by atoms with van der Waals surface area (Å²) in [7, 11) is -3.74. The molecule has 0 bridgehead atoms. The SMILES string of the molecule is CC1(C)C(=N)N[C@](C)(c2cc(-c3cc(F)cc(-c4nnco4)c3)ccc2F)CS1(=O)=O. The highest BCUT2D eigenvalue weighted by Crippen LogP contribution is 2.37. The van der Waals surface area contributed by atoms with Crippen molar-refractivity contribution in [3.05, 3.63) is 60.0 Å². The van der Waals surface area contributed by atoms with Crippen LogP contribution in [-0.2, 0) is 15.4 Å². The van der Waals surface area contributed by atoms with E-state index in [4.69, 9.17) is 9.83 Å². The van der Waals surface area contributed by atoms with Crippen LogP contribution in [0.2, 0.25) is 0 Å². The summed E-state index contributed by atoms with van der Waals surface area (Å²) in [6.07, 6.45) is 1.13. The topological polar surface area (TPSA) is 109 Å². The van der Waals surface area contributed by atoms with Crippen LogP contribution >= 0.6 is 0 Å². The van der Waals surface area contributed by atoms with Crippen molar-refractivity contribution < 1.29 is 21.6 Å². The number of aromatic nitrogens is 2. The quantitative estimate of drug-likeness (QED) is 0.635. The molecule has 0 saturated carbocycles. The zero-order valence-corrected chi connectivity index (χ0v) is 17.8. The zero-order valence-electron chi connectivity index (χ0n) is 17.0. The van der Waals surface area contributed by atoms with Crippen LogP contribution < -0.4 is 5.32 Å². The fourth-order valence-electron chi connectivity index (χ4n) is 3.63. The van der Waals surface area contributed by atoms with E-state index >= 15 is 0 Å². The molecule has 2 aromatic carbocycles. The number of rotatable bonds is 3. The van der Waals surface area contributed by atoms with Crippen molar-refractivity contribution in [3.63, 3.8) is 0 Å². The number of nitrogens with one attached hydrogen (secondary N) is 2. The molecule has 31 heavy (non-hydrogen) atoms. The monoisotopic (exact) mass is 446 g/mol. The highest BCUT2D eigenvalue weighted by atomic mass is 32.2. The van der Waals surface area contributed by atoms with Crippen LogP contribution in [0, 0.1) is 17.0 Å². The molecular weight excluding hydrogens is 426 g/mol. The van der Waals surface area contributed by atoms with Crippen LogP contribution in [0.5, 0.6) is 0 Å². The van der Waals surface area contributed by atoms with Crippen molar-refractivity contribution in [3.8, 4) is 22.6 Å². The summed E-state index contributed by atoms with van der Waals surface area (Å²) >= 11 is 0. The van der Waals surface area contributed by atoms with E-state index in [2.05, 4.69) is 15.5 Å². The third kappa shape index (κ3) is 3.50. The van der Waals surface area contributed by atoms with E-state index in [0.29, 0.717) is 16.7 Å². The van der Waals surface area contributed by atoms with Gasteiger partial charge in [0.05, 0.1) is 11.3 Å². The molecule has 1 aliphatic heterocycles. The van der Waals surface area contributed by atoms with Gasteiger partial charge < -0.3 is 9.73 Å². The molecule has 1 aromatic heterocycles. The first-order valence-corrected chi connectivity index (χ1v) is 11.1. The van der Waals surface area contributed by atoms with Crippen molar-refractivity contribution in [2.75, 3.05) is 5.75 Å². The summed E-state index contributed by atoms with van der Waals surface area (Å²) in [5, 5.41) is 18.4. The zero-order chi connectivity index (χ0) is 22.6. The van der Waals surface area contributed by atoms with Crippen molar-refractivity contribution >= 4 is 15.7 Å². The lowest BCUT2D eigenvalue weighted by molar-refractivity contribution is 0.422. The Morgan fingerprint density at radius 1 is 1.06 bits per heavy atom. The molecule has 7 nitrogen and oxygen atoms in total. The van der Waals surface area contributed by atoms with Gasteiger partial charge in [-0.15, -0.1) is 10.2 Å². The predicted octanol–water partition coefficient (Wildman–Crippen LogP) is 3.67. The van der Waals surface area contributed by atoms with Gasteiger partial charge in [0.1, 0.15) is 22.2 Å². The number of sulfone groups is 1. The number of benzene rings is 2. The number of hydrogen-bond acceptors (Lipinski definition) is 6. The highest BCUT2D eigenvalue weighted by Gasteiger charge is 2.51. The minimum Gasteiger partial charge on any atom is -0.423 e. The molecule has 1 fully saturated rings. The van der Waals surface area contributed by atoms with E-state index in [-0.39, 0.29) is 17.3 Å². The lowest BCUT2D eigenvalue weighted by Gasteiger charge is -2.43. The van der Waals surface area contributed by atoms with Gasteiger partial charge in [-0.1, -0.05) is 6.07 Å². The molecular formula is C21H20F2N4O3S. The smallest absolute Gasteiger partial charge is 0.247 e. The van der Waals surface area contributed by atoms with Crippen molar-refractivity contribution in [2.24, 2.45) is 0 Å². The van der Waals surface area contributed by atoms with Crippen LogP contribution in [0.15, 0.2) is 47.2 Å². The Morgan fingerprint density at radius 2 is 1.77 bits per heavy atom. The molecule has 10 heteroatoms. The molecule has 1 aliphatic rings. The normalized spacial score (nSPS) is 22.2. The maximum absolute atomic E-state index is 14.9. The van der Waals surface area contributed by atoms with Crippen LogP contribution in [0.3, 0.4) is 0 Å².